The second-order valence-corrected chi connectivity index (χ2v) is 30.6. The summed E-state index contributed by atoms with van der Waals surface area (Å²) in [6.45, 7) is 4.61. The van der Waals surface area contributed by atoms with Crippen molar-refractivity contribution in [2.24, 2.45) is 0 Å². The van der Waals surface area contributed by atoms with E-state index < -0.39 is 97.5 Å². The van der Waals surface area contributed by atoms with Gasteiger partial charge in [0, 0.05) is 25.7 Å². The number of hydrogen-bond acceptors (Lipinski definition) is 15. The Balaban J connectivity index is 5.41. The van der Waals surface area contributed by atoms with E-state index in [1.807, 2.05) is 12.2 Å². The van der Waals surface area contributed by atoms with Gasteiger partial charge in [0.05, 0.1) is 26.4 Å². The summed E-state index contributed by atoms with van der Waals surface area (Å²) in [5.41, 5.74) is 0. The third kappa shape index (κ3) is 77.6. The Morgan fingerprint density at radius 1 is 0.274 bits per heavy atom. The molecule has 0 heterocycles. The molecule has 106 heavy (non-hydrogen) atoms. The van der Waals surface area contributed by atoms with Gasteiger partial charge < -0.3 is 33.8 Å². The Kier molecular flexibility index (Phi) is 75.2. The molecule has 0 aliphatic carbocycles. The summed E-state index contributed by atoms with van der Waals surface area (Å²) in [5.74, 6) is -2.25. The number of allylic oxidation sites excluding steroid dienone is 20. The second-order valence-electron chi connectivity index (χ2n) is 27.7. The molecule has 0 aromatic heterocycles. The van der Waals surface area contributed by atoms with Gasteiger partial charge >= 0.3 is 39.5 Å². The zero-order chi connectivity index (χ0) is 77.4. The predicted molar refractivity (Wildman–Crippen MR) is 436 cm³/mol. The fraction of sp³-hybridized carbons (Fsp3) is 0.724. The highest BCUT2D eigenvalue weighted by atomic mass is 31.2. The van der Waals surface area contributed by atoms with Crippen LogP contribution in [-0.4, -0.2) is 96.7 Å². The lowest BCUT2D eigenvalue weighted by Crippen LogP contribution is -2.30. The molecular weight excluding hydrogens is 1380 g/mol. The first-order chi connectivity index (χ1) is 51.7. The van der Waals surface area contributed by atoms with Crippen LogP contribution in [0, 0.1) is 0 Å². The van der Waals surface area contributed by atoms with Crippen molar-refractivity contribution < 1.29 is 80.2 Å². The monoisotopic (exact) mass is 1530 g/mol. The van der Waals surface area contributed by atoms with Gasteiger partial charge in [0.15, 0.2) is 12.2 Å². The van der Waals surface area contributed by atoms with Gasteiger partial charge in [0.2, 0.25) is 0 Å². The fourth-order valence-electron chi connectivity index (χ4n) is 11.1. The predicted octanol–water partition coefficient (Wildman–Crippen LogP) is 24.7. The van der Waals surface area contributed by atoms with Crippen molar-refractivity contribution in [1.29, 1.82) is 0 Å². The van der Waals surface area contributed by atoms with Crippen molar-refractivity contribution in [2.45, 2.75) is 367 Å². The van der Waals surface area contributed by atoms with Crippen LogP contribution in [0.5, 0.6) is 0 Å². The zero-order valence-electron chi connectivity index (χ0n) is 66.8. The molecule has 17 nitrogen and oxygen atoms in total. The maximum atomic E-state index is 13.1. The Hall–Kier alpha value is -4.54. The quantitative estimate of drug-likeness (QED) is 0.0169. The van der Waals surface area contributed by atoms with Crippen LogP contribution in [0.3, 0.4) is 0 Å². The third-order valence-corrected chi connectivity index (χ3v) is 19.3. The van der Waals surface area contributed by atoms with Crippen molar-refractivity contribution in [1.82, 2.24) is 0 Å². The molecule has 0 bridgehead atoms. The van der Waals surface area contributed by atoms with Crippen molar-refractivity contribution in [3.8, 4) is 0 Å². The van der Waals surface area contributed by atoms with E-state index in [2.05, 4.69) is 137 Å². The van der Waals surface area contributed by atoms with Gasteiger partial charge in [-0.25, -0.2) is 9.13 Å². The van der Waals surface area contributed by atoms with E-state index in [-0.39, 0.29) is 25.7 Å². The topological polar surface area (TPSA) is 237 Å². The first kappa shape index (κ1) is 101. The maximum Gasteiger partial charge on any atom is 0.472 e. The maximum absolute atomic E-state index is 13.1. The molecule has 0 fully saturated rings. The number of carbonyl (C=O) groups excluding carboxylic acids is 4. The number of carbonyl (C=O) groups is 4. The van der Waals surface area contributed by atoms with E-state index in [0.717, 1.165) is 161 Å². The van der Waals surface area contributed by atoms with Crippen molar-refractivity contribution in [3.63, 3.8) is 0 Å². The molecule has 0 aromatic carbocycles. The molecule has 3 N–H and O–H groups in total. The lowest BCUT2D eigenvalue weighted by atomic mass is 10.0. The van der Waals surface area contributed by atoms with Crippen LogP contribution in [0.15, 0.2) is 122 Å². The molecule has 19 heteroatoms. The van der Waals surface area contributed by atoms with Gasteiger partial charge in [0.1, 0.15) is 19.3 Å². The van der Waals surface area contributed by atoms with Gasteiger partial charge in [-0.3, -0.25) is 37.3 Å². The summed E-state index contributed by atoms with van der Waals surface area (Å²) >= 11 is 0. The van der Waals surface area contributed by atoms with E-state index in [1.54, 1.807) is 0 Å². The van der Waals surface area contributed by atoms with Crippen molar-refractivity contribution in [2.75, 3.05) is 39.6 Å². The number of rotatable bonds is 78. The molecule has 0 saturated heterocycles. The lowest BCUT2D eigenvalue weighted by Gasteiger charge is -2.21. The fourth-order valence-corrected chi connectivity index (χ4v) is 12.7. The van der Waals surface area contributed by atoms with Gasteiger partial charge in [0.25, 0.3) is 0 Å². The molecule has 0 aliphatic heterocycles. The molecule has 5 unspecified atom stereocenters. The molecule has 5 atom stereocenters. The summed E-state index contributed by atoms with van der Waals surface area (Å²) in [4.78, 5) is 73.1. The van der Waals surface area contributed by atoms with Crippen LogP contribution in [-0.2, 0) is 65.4 Å². The van der Waals surface area contributed by atoms with E-state index in [0.29, 0.717) is 32.1 Å². The minimum absolute atomic E-state index is 0.0719. The molecule has 0 amide bonds. The highest BCUT2D eigenvalue weighted by Gasteiger charge is 2.30. The van der Waals surface area contributed by atoms with Gasteiger partial charge in [-0.2, -0.15) is 0 Å². The van der Waals surface area contributed by atoms with Gasteiger partial charge in [-0.05, 0) is 128 Å². The van der Waals surface area contributed by atoms with E-state index in [1.165, 1.54) is 103 Å². The normalized spacial score (nSPS) is 14.4. The highest BCUT2D eigenvalue weighted by Crippen LogP contribution is 2.45. The number of aliphatic hydroxyl groups excluding tert-OH is 1. The van der Waals surface area contributed by atoms with Crippen LogP contribution in [0.2, 0.25) is 0 Å². The molecule has 0 aliphatic rings. The van der Waals surface area contributed by atoms with E-state index in [4.69, 9.17) is 37.0 Å². The van der Waals surface area contributed by atoms with Crippen LogP contribution < -0.4 is 0 Å². The summed E-state index contributed by atoms with van der Waals surface area (Å²) in [5, 5.41) is 10.7. The number of unbranched alkanes of at least 4 members (excludes halogenated alkanes) is 32. The van der Waals surface area contributed by atoms with Gasteiger partial charge in [-0.15, -0.1) is 0 Å². The first-order valence-electron chi connectivity index (χ1n) is 41.8. The molecule has 0 saturated carbocycles. The average Bonchev–Trinajstić information content (AvgIpc) is 0.928. The summed E-state index contributed by atoms with van der Waals surface area (Å²) in [6.07, 6.45) is 87.4. The Labute approximate surface area is 644 Å². The zero-order valence-corrected chi connectivity index (χ0v) is 68.6. The third-order valence-electron chi connectivity index (χ3n) is 17.4. The highest BCUT2D eigenvalue weighted by molar-refractivity contribution is 7.47. The SMILES string of the molecule is CC/C=C\C/C=C\C/C=C\C/C=C\C/C=C\CCCC(=O)OCC(COP(=O)(O)OCC(O)COP(=O)(O)OCC(COC(=O)CCCCCCCC/C=C\C/C=C\C/C=C\C/C=C\CC)OC(=O)CCCCCCCCCCCCCCCCC)OC(=O)CCCCCCC/C=C\CCCCCCCC. The smallest absolute Gasteiger partial charge is 0.462 e. The number of esters is 4. The summed E-state index contributed by atoms with van der Waals surface area (Å²) in [6, 6.07) is 0. The van der Waals surface area contributed by atoms with Crippen LogP contribution in [0.25, 0.3) is 0 Å². The minimum Gasteiger partial charge on any atom is -0.462 e. The molecular formula is C87H150O17P2. The molecule has 610 valence electrons. The number of phosphoric acid groups is 2. The Morgan fingerprint density at radius 2 is 0.500 bits per heavy atom. The average molecular weight is 1530 g/mol. The molecule has 0 aromatic rings. The molecule has 0 radical (unpaired) electrons. The second kappa shape index (κ2) is 78.6. The Morgan fingerprint density at radius 3 is 0.802 bits per heavy atom. The first-order valence-corrected chi connectivity index (χ1v) is 44.8. The number of hydrogen-bond donors (Lipinski definition) is 3. The van der Waals surface area contributed by atoms with Gasteiger partial charge in [-0.1, -0.05) is 316 Å². The van der Waals surface area contributed by atoms with E-state index >= 15 is 0 Å². The van der Waals surface area contributed by atoms with Crippen LogP contribution in [0.4, 0.5) is 0 Å². The largest absolute Gasteiger partial charge is 0.472 e. The number of phosphoric ester groups is 2. The van der Waals surface area contributed by atoms with Crippen LogP contribution >= 0.6 is 15.6 Å². The summed E-state index contributed by atoms with van der Waals surface area (Å²) < 4.78 is 68.7. The van der Waals surface area contributed by atoms with Crippen molar-refractivity contribution in [3.05, 3.63) is 122 Å². The van der Waals surface area contributed by atoms with Crippen LogP contribution in [0.1, 0.15) is 349 Å². The lowest BCUT2D eigenvalue weighted by molar-refractivity contribution is -0.161. The van der Waals surface area contributed by atoms with Crippen molar-refractivity contribution >= 4 is 39.5 Å². The minimum atomic E-state index is -4.99. The summed E-state index contributed by atoms with van der Waals surface area (Å²) in [7, 11) is -9.98. The Bertz CT molecular complexity index is 2480. The van der Waals surface area contributed by atoms with E-state index in [9.17, 15) is 43.2 Å². The number of aliphatic hydroxyl groups is 1. The molecule has 0 rings (SSSR count). The number of ether oxygens (including phenoxy) is 4. The molecule has 0 spiro atoms. The standard InChI is InChI=1S/C87H150O17P2/c1-5-9-13-17-21-25-29-33-37-39-40-42-46-48-52-56-60-64-68-72-85(90)98-78-83(104-87(92)74-70-66-62-58-54-50-44-36-32-28-24-20-16-12-8-4)80-102-106(95,96)100-76-81(88)75-99-105(93,94)101-79-82(103-86(91)73-69-65-61-57-53-49-43-35-31-27-23-19-15-11-7-3)77-97-84(89)71-67-63-59-55-51-47-45-41-38-34-30-26-22-18-14-10-6-2/h9-10,13-14,21-22,25-26,33-35,37-38,40,42-43,45,47,55,59,81-83,88H,5-8,11-12,15-20,23-24,27-32,36,39,41,44,46,48-54,56-58,60-80H2,1-4H3,(H,93,94)(H,95,96)/b13-9-,14-10-,25-21-,26-22-,37-33-,38-34-,42-40-,43-35-,47-45-,59-55-.